The molecule has 4 heteroatoms. The minimum Gasteiger partial charge on any atom is -0.325 e. The number of hydrogen-bond donors (Lipinski definition) is 2. The number of carbonyl (C=O) groups excluding carboxylic acids is 1. The lowest BCUT2D eigenvalue weighted by atomic mass is 10.0. The third kappa shape index (κ3) is 6.17. The van der Waals surface area contributed by atoms with E-state index in [1.54, 1.807) is 0 Å². The van der Waals surface area contributed by atoms with Crippen molar-refractivity contribution in [2.75, 3.05) is 39.0 Å². The van der Waals surface area contributed by atoms with Crippen molar-refractivity contribution in [1.29, 1.82) is 0 Å². The molecule has 0 saturated heterocycles. The Kier molecular flexibility index (Phi) is 7.26. The number of hydrogen-bond acceptors (Lipinski definition) is 3. The van der Waals surface area contributed by atoms with Crippen LogP contribution in [0.15, 0.2) is 24.3 Å². The Hall–Kier alpha value is -1.39. The van der Waals surface area contributed by atoms with Crippen molar-refractivity contribution in [3.8, 4) is 0 Å². The lowest BCUT2D eigenvalue weighted by Crippen LogP contribution is -2.31. The largest absolute Gasteiger partial charge is 0.325 e. The van der Waals surface area contributed by atoms with Crippen molar-refractivity contribution in [2.45, 2.75) is 26.2 Å². The fourth-order valence-electron chi connectivity index (χ4n) is 2.00. The van der Waals surface area contributed by atoms with Crippen molar-refractivity contribution < 1.29 is 4.79 Å². The molecule has 0 fully saturated rings. The van der Waals surface area contributed by atoms with Gasteiger partial charge in [-0.2, -0.15) is 0 Å². The average Bonchev–Trinajstić information content (AvgIpc) is 2.39. The Morgan fingerprint density at radius 3 is 2.45 bits per heavy atom. The van der Waals surface area contributed by atoms with Crippen LogP contribution in [0.1, 0.15) is 31.7 Å². The molecule has 1 rings (SSSR count). The van der Waals surface area contributed by atoms with E-state index in [1.165, 1.54) is 5.56 Å². The molecule has 0 aliphatic heterocycles. The summed E-state index contributed by atoms with van der Waals surface area (Å²) < 4.78 is 0. The van der Waals surface area contributed by atoms with Gasteiger partial charge in [-0.25, -0.2) is 0 Å². The number of anilines is 1. The second-order valence-electron chi connectivity index (χ2n) is 5.52. The molecule has 4 nitrogen and oxygen atoms in total. The first-order chi connectivity index (χ1) is 9.52. The summed E-state index contributed by atoms with van der Waals surface area (Å²) in [6.45, 7) is 6.64. The van der Waals surface area contributed by atoms with Gasteiger partial charge in [0.2, 0.25) is 5.91 Å². The molecular formula is C16H27N3O. The van der Waals surface area contributed by atoms with Crippen LogP contribution in [-0.2, 0) is 4.79 Å². The van der Waals surface area contributed by atoms with E-state index in [4.69, 9.17) is 0 Å². The van der Waals surface area contributed by atoms with Crippen LogP contribution in [0, 0.1) is 0 Å². The van der Waals surface area contributed by atoms with Crippen molar-refractivity contribution in [2.24, 2.45) is 0 Å². The second kappa shape index (κ2) is 8.72. The Morgan fingerprint density at radius 2 is 1.90 bits per heavy atom. The maximum atomic E-state index is 11.9. The monoisotopic (exact) mass is 277 g/mol. The van der Waals surface area contributed by atoms with Crippen molar-refractivity contribution in [3.63, 3.8) is 0 Å². The zero-order valence-electron chi connectivity index (χ0n) is 13.1. The van der Waals surface area contributed by atoms with Crippen LogP contribution in [0.4, 0.5) is 5.69 Å². The zero-order chi connectivity index (χ0) is 15.0. The topological polar surface area (TPSA) is 44.4 Å². The summed E-state index contributed by atoms with van der Waals surface area (Å²) in [7, 11) is 3.91. The Balaban J connectivity index is 2.38. The highest BCUT2D eigenvalue weighted by molar-refractivity contribution is 5.92. The van der Waals surface area contributed by atoms with Gasteiger partial charge >= 0.3 is 0 Å². The molecule has 1 amide bonds. The summed E-state index contributed by atoms with van der Waals surface area (Å²) in [5.41, 5.74) is 2.15. The molecule has 0 heterocycles. The molecule has 0 aliphatic carbocycles. The summed E-state index contributed by atoms with van der Waals surface area (Å²) in [5.74, 6) is 0.548. The normalized spacial score (nSPS) is 11.1. The number of likely N-dealkylation sites (N-methyl/N-ethyl adjacent to an activating group) is 1. The van der Waals surface area contributed by atoms with Crippen molar-refractivity contribution in [3.05, 3.63) is 29.8 Å². The lowest BCUT2D eigenvalue weighted by molar-refractivity contribution is -0.117. The van der Waals surface area contributed by atoms with E-state index in [0.29, 0.717) is 12.5 Å². The number of nitrogens with one attached hydrogen (secondary N) is 2. The lowest BCUT2D eigenvalue weighted by Gasteiger charge is -2.16. The van der Waals surface area contributed by atoms with Gasteiger partial charge < -0.3 is 10.6 Å². The van der Waals surface area contributed by atoms with Gasteiger partial charge in [-0.1, -0.05) is 26.0 Å². The first kappa shape index (κ1) is 16.7. The second-order valence-corrected chi connectivity index (χ2v) is 5.52. The number of rotatable bonds is 8. The summed E-state index contributed by atoms with van der Waals surface area (Å²) in [4.78, 5) is 13.9. The smallest absolute Gasteiger partial charge is 0.238 e. The summed E-state index contributed by atoms with van der Waals surface area (Å²) in [6, 6.07) is 8.07. The van der Waals surface area contributed by atoms with Crippen molar-refractivity contribution >= 4 is 11.6 Å². The number of nitrogens with zero attached hydrogens (tertiary/aromatic N) is 1. The van der Waals surface area contributed by atoms with E-state index in [0.717, 1.165) is 25.2 Å². The number of benzene rings is 1. The summed E-state index contributed by atoms with van der Waals surface area (Å²) in [5, 5.41) is 6.04. The molecule has 0 aliphatic rings. The summed E-state index contributed by atoms with van der Waals surface area (Å²) >= 11 is 0. The van der Waals surface area contributed by atoms with Crippen LogP contribution in [0.3, 0.4) is 0 Å². The molecule has 0 bridgehead atoms. The maximum Gasteiger partial charge on any atom is 0.238 e. The minimum absolute atomic E-state index is 0.0363. The average molecular weight is 277 g/mol. The number of carbonyl (C=O) groups is 1. The van der Waals surface area contributed by atoms with Crippen LogP contribution in [0.25, 0.3) is 0 Å². The van der Waals surface area contributed by atoms with E-state index < -0.39 is 0 Å². The molecular weight excluding hydrogens is 250 g/mol. The zero-order valence-corrected chi connectivity index (χ0v) is 13.1. The molecule has 0 aromatic heterocycles. The van der Waals surface area contributed by atoms with Crippen LogP contribution in [0.5, 0.6) is 0 Å². The van der Waals surface area contributed by atoms with Gasteiger partial charge in [-0.05, 0) is 57.2 Å². The molecule has 0 saturated carbocycles. The van der Waals surface area contributed by atoms with Crippen LogP contribution in [0.2, 0.25) is 0 Å². The van der Waals surface area contributed by atoms with E-state index in [1.807, 2.05) is 31.1 Å². The molecule has 0 radical (unpaired) electrons. The Bertz CT molecular complexity index is 401. The first-order valence-corrected chi connectivity index (χ1v) is 7.26. The maximum absolute atomic E-state index is 11.9. The van der Waals surface area contributed by atoms with Gasteiger partial charge in [0.15, 0.2) is 0 Å². The first-order valence-electron chi connectivity index (χ1n) is 7.26. The predicted octanol–water partition coefficient (Wildman–Crippen LogP) is 2.29. The van der Waals surface area contributed by atoms with Gasteiger partial charge in [-0.3, -0.25) is 9.69 Å². The van der Waals surface area contributed by atoms with Crippen molar-refractivity contribution in [1.82, 2.24) is 10.2 Å². The quantitative estimate of drug-likeness (QED) is 0.717. The molecule has 0 spiro atoms. The highest BCUT2D eigenvalue weighted by atomic mass is 16.2. The van der Waals surface area contributed by atoms with Gasteiger partial charge in [0, 0.05) is 5.69 Å². The molecule has 0 unspecified atom stereocenters. The third-order valence-corrected chi connectivity index (χ3v) is 3.24. The highest BCUT2D eigenvalue weighted by Crippen LogP contribution is 2.16. The van der Waals surface area contributed by atoms with E-state index in [2.05, 4.69) is 36.6 Å². The molecule has 2 N–H and O–H groups in total. The van der Waals surface area contributed by atoms with E-state index >= 15 is 0 Å². The molecule has 1 aromatic rings. The SMILES string of the molecule is CNCCCN(C)CC(=O)Nc1ccc(C(C)C)cc1. The minimum atomic E-state index is 0.0363. The molecule has 112 valence electrons. The van der Waals surface area contributed by atoms with Crippen LogP contribution in [-0.4, -0.2) is 44.5 Å². The highest BCUT2D eigenvalue weighted by Gasteiger charge is 2.07. The number of amides is 1. The van der Waals surface area contributed by atoms with Gasteiger partial charge in [0.25, 0.3) is 0 Å². The van der Waals surface area contributed by atoms with Gasteiger partial charge in [0.05, 0.1) is 6.54 Å². The van der Waals surface area contributed by atoms with Gasteiger partial charge in [0.1, 0.15) is 0 Å². The fourth-order valence-corrected chi connectivity index (χ4v) is 2.00. The van der Waals surface area contributed by atoms with Crippen LogP contribution < -0.4 is 10.6 Å². The van der Waals surface area contributed by atoms with E-state index in [-0.39, 0.29) is 5.91 Å². The standard InChI is InChI=1S/C16H27N3O/c1-13(2)14-6-8-15(9-7-14)18-16(20)12-19(4)11-5-10-17-3/h6-9,13,17H,5,10-12H2,1-4H3,(H,18,20). The molecule has 1 aromatic carbocycles. The predicted molar refractivity (Wildman–Crippen MR) is 85.2 cm³/mol. The molecule has 20 heavy (non-hydrogen) atoms. The summed E-state index contributed by atoms with van der Waals surface area (Å²) in [6.07, 6.45) is 1.05. The Labute approximate surface area is 122 Å². The fraction of sp³-hybridized carbons (Fsp3) is 0.562. The third-order valence-electron chi connectivity index (χ3n) is 3.24. The Morgan fingerprint density at radius 1 is 1.25 bits per heavy atom. The molecule has 0 atom stereocenters. The van der Waals surface area contributed by atoms with E-state index in [9.17, 15) is 4.79 Å². The van der Waals surface area contributed by atoms with Gasteiger partial charge in [-0.15, -0.1) is 0 Å². The van der Waals surface area contributed by atoms with Crippen LogP contribution >= 0.6 is 0 Å².